The van der Waals surface area contributed by atoms with E-state index in [1.807, 2.05) is 0 Å². The second kappa shape index (κ2) is 9.06. The van der Waals surface area contributed by atoms with Crippen molar-refractivity contribution in [3.8, 4) is 0 Å². The van der Waals surface area contributed by atoms with E-state index in [0.717, 1.165) is 11.4 Å². The Bertz CT molecular complexity index is 967. The van der Waals surface area contributed by atoms with Gasteiger partial charge in [-0.25, -0.2) is 14.4 Å². The van der Waals surface area contributed by atoms with Gasteiger partial charge in [-0.15, -0.1) is 0 Å². The van der Waals surface area contributed by atoms with E-state index in [0.29, 0.717) is 55.3 Å². The van der Waals surface area contributed by atoms with Crippen LogP contribution in [-0.2, 0) is 4.79 Å². The van der Waals surface area contributed by atoms with Crippen molar-refractivity contribution in [2.75, 3.05) is 37.6 Å². The molecule has 0 radical (unpaired) electrons. The summed E-state index contributed by atoms with van der Waals surface area (Å²) in [4.78, 5) is 25.9. The van der Waals surface area contributed by atoms with Gasteiger partial charge in [-0.3, -0.25) is 4.79 Å². The number of benzene rings is 1. The highest BCUT2D eigenvalue weighted by Crippen LogP contribution is 2.42. The fourth-order valence-corrected chi connectivity index (χ4v) is 4.83. The maximum absolute atomic E-state index is 14.5. The molecule has 1 aromatic carbocycles. The maximum Gasteiger partial charge on any atom is 0.230 e. The third-order valence-electron chi connectivity index (χ3n) is 6.26. The van der Waals surface area contributed by atoms with Gasteiger partial charge in [-0.1, -0.05) is 24.6 Å². The van der Waals surface area contributed by atoms with Crippen LogP contribution in [0.2, 0.25) is 5.02 Å². The third-order valence-corrected chi connectivity index (χ3v) is 6.50. The maximum atomic E-state index is 14.5. The molecule has 1 fully saturated rings. The van der Waals surface area contributed by atoms with Crippen molar-refractivity contribution in [1.29, 1.82) is 0 Å². The predicted octanol–water partition coefficient (Wildman–Crippen LogP) is 2.59. The average Bonchev–Trinajstić information content (AvgIpc) is 3.06. The van der Waals surface area contributed by atoms with E-state index < -0.39 is 17.8 Å². The molecule has 4 rings (SSSR count). The molecule has 3 atom stereocenters. The molecule has 1 aromatic heterocycles. The van der Waals surface area contributed by atoms with Gasteiger partial charge in [-0.05, 0) is 37.4 Å². The molecule has 7 nitrogen and oxygen atoms in total. The number of hydrogen-bond donors (Lipinski definition) is 2. The van der Waals surface area contributed by atoms with Gasteiger partial charge in [0, 0.05) is 42.3 Å². The molecule has 2 aliphatic rings. The zero-order valence-electron chi connectivity index (χ0n) is 17.5. The van der Waals surface area contributed by atoms with Crippen LogP contribution in [-0.4, -0.2) is 58.6 Å². The second-order valence-electron chi connectivity index (χ2n) is 8.26. The molecule has 1 aliphatic heterocycles. The minimum atomic E-state index is -0.632. The van der Waals surface area contributed by atoms with Crippen molar-refractivity contribution in [2.24, 2.45) is 5.73 Å². The standard InChI is InChI=1S/C22H27ClFN5O2/c1-13-10-18(30)20-19(13)21(27-12-26-20)28-6-8-29(9-7-28)22(31)16(4-5-25)15-3-2-14(23)11-17(15)24/h2-3,11-13,16,18,30H,4-10,25H2,1H3/t13-,16-,18-/m1/s1. The Balaban J connectivity index is 1.49. The molecule has 0 saturated carbocycles. The van der Waals surface area contributed by atoms with Crippen molar-refractivity contribution < 1.29 is 14.3 Å². The molecule has 1 aliphatic carbocycles. The fourth-order valence-electron chi connectivity index (χ4n) is 4.68. The molecule has 2 heterocycles. The summed E-state index contributed by atoms with van der Waals surface area (Å²) < 4.78 is 14.5. The molecular formula is C22H27ClFN5O2. The van der Waals surface area contributed by atoms with Crippen LogP contribution in [0.5, 0.6) is 0 Å². The van der Waals surface area contributed by atoms with E-state index >= 15 is 0 Å². The van der Waals surface area contributed by atoms with Crippen molar-refractivity contribution in [3.05, 3.63) is 52.2 Å². The molecule has 0 spiro atoms. The van der Waals surface area contributed by atoms with Gasteiger partial charge in [0.25, 0.3) is 0 Å². The van der Waals surface area contributed by atoms with Crippen molar-refractivity contribution in [1.82, 2.24) is 14.9 Å². The van der Waals surface area contributed by atoms with Crippen LogP contribution in [0.1, 0.15) is 54.5 Å². The Labute approximate surface area is 186 Å². The van der Waals surface area contributed by atoms with Gasteiger partial charge < -0.3 is 20.6 Å². The number of piperazine rings is 1. The van der Waals surface area contributed by atoms with Crippen LogP contribution >= 0.6 is 11.6 Å². The first kappa shape index (κ1) is 21.9. The Kier molecular flexibility index (Phi) is 6.41. The van der Waals surface area contributed by atoms with Gasteiger partial charge in [0.15, 0.2) is 0 Å². The molecule has 0 unspecified atom stereocenters. The molecule has 3 N–H and O–H groups in total. The van der Waals surface area contributed by atoms with Crippen LogP contribution in [0.4, 0.5) is 10.2 Å². The SMILES string of the molecule is C[C@@H]1C[C@@H](O)c2ncnc(N3CCN(C(=O)[C@H](CCN)c4ccc(Cl)cc4F)CC3)c21. The molecule has 9 heteroatoms. The molecular weight excluding hydrogens is 421 g/mol. The van der Waals surface area contributed by atoms with E-state index in [-0.39, 0.29) is 18.4 Å². The third kappa shape index (κ3) is 4.24. The van der Waals surface area contributed by atoms with Crippen LogP contribution in [0.25, 0.3) is 0 Å². The highest BCUT2D eigenvalue weighted by atomic mass is 35.5. The summed E-state index contributed by atoms with van der Waals surface area (Å²) in [7, 11) is 0. The number of aliphatic hydroxyl groups excluding tert-OH is 1. The largest absolute Gasteiger partial charge is 0.387 e. The minimum absolute atomic E-state index is 0.122. The van der Waals surface area contributed by atoms with Crippen LogP contribution in [0.15, 0.2) is 24.5 Å². The summed E-state index contributed by atoms with van der Waals surface area (Å²) in [5, 5.41) is 10.5. The number of rotatable bonds is 5. The minimum Gasteiger partial charge on any atom is -0.387 e. The van der Waals surface area contributed by atoms with Crippen LogP contribution in [0.3, 0.4) is 0 Å². The highest BCUT2D eigenvalue weighted by molar-refractivity contribution is 6.30. The summed E-state index contributed by atoms with van der Waals surface area (Å²) in [6, 6.07) is 4.40. The van der Waals surface area contributed by atoms with Gasteiger partial charge in [0.1, 0.15) is 18.0 Å². The van der Waals surface area contributed by atoms with E-state index in [4.69, 9.17) is 17.3 Å². The van der Waals surface area contributed by atoms with Crippen molar-refractivity contribution in [2.45, 2.75) is 37.7 Å². The Morgan fingerprint density at radius 1 is 1.32 bits per heavy atom. The van der Waals surface area contributed by atoms with Gasteiger partial charge in [0.05, 0.1) is 17.7 Å². The van der Waals surface area contributed by atoms with Crippen molar-refractivity contribution >= 4 is 23.3 Å². The number of carbonyl (C=O) groups is 1. The number of nitrogens with two attached hydrogens (primary N) is 1. The van der Waals surface area contributed by atoms with E-state index in [2.05, 4.69) is 21.8 Å². The molecule has 1 amide bonds. The first-order valence-corrected chi connectivity index (χ1v) is 11.0. The smallest absolute Gasteiger partial charge is 0.230 e. The number of halogens is 2. The topological polar surface area (TPSA) is 95.6 Å². The number of anilines is 1. The van der Waals surface area contributed by atoms with E-state index in [1.165, 1.54) is 12.4 Å². The van der Waals surface area contributed by atoms with Gasteiger partial charge in [0.2, 0.25) is 5.91 Å². The number of amides is 1. The molecule has 166 valence electrons. The lowest BCUT2D eigenvalue weighted by molar-refractivity contribution is -0.133. The lowest BCUT2D eigenvalue weighted by Crippen LogP contribution is -2.50. The number of aromatic nitrogens is 2. The predicted molar refractivity (Wildman–Crippen MR) is 117 cm³/mol. The van der Waals surface area contributed by atoms with E-state index in [1.54, 1.807) is 17.0 Å². The van der Waals surface area contributed by atoms with Crippen LogP contribution < -0.4 is 10.6 Å². The molecule has 0 bridgehead atoms. The molecule has 31 heavy (non-hydrogen) atoms. The lowest BCUT2D eigenvalue weighted by atomic mass is 9.93. The Morgan fingerprint density at radius 2 is 2.06 bits per heavy atom. The van der Waals surface area contributed by atoms with Crippen molar-refractivity contribution in [3.63, 3.8) is 0 Å². The first-order chi connectivity index (χ1) is 14.9. The zero-order chi connectivity index (χ0) is 22.1. The number of hydrogen-bond acceptors (Lipinski definition) is 6. The summed E-state index contributed by atoms with van der Waals surface area (Å²) in [5.74, 6) is -0.219. The number of carbonyl (C=O) groups excluding carboxylic acids is 1. The monoisotopic (exact) mass is 447 g/mol. The average molecular weight is 448 g/mol. The molecule has 1 saturated heterocycles. The Morgan fingerprint density at radius 3 is 2.74 bits per heavy atom. The Hall–Kier alpha value is -2.29. The second-order valence-corrected chi connectivity index (χ2v) is 8.69. The number of nitrogens with zero attached hydrogens (tertiary/aromatic N) is 4. The normalized spacial score (nSPS) is 21.8. The number of fused-ring (bicyclic) bond motifs is 1. The lowest BCUT2D eigenvalue weighted by Gasteiger charge is -2.38. The summed E-state index contributed by atoms with van der Waals surface area (Å²) >= 11 is 5.87. The van der Waals surface area contributed by atoms with Crippen LogP contribution in [0, 0.1) is 5.82 Å². The van der Waals surface area contributed by atoms with E-state index in [9.17, 15) is 14.3 Å². The summed E-state index contributed by atoms with van der Waals surface area (Å²) in [6.45, 7) is 4.58. The quantitative estimate of drug-likeness (QED) is 0.731. The van der Waals surface area contributed by atoms with Gasteiger partial charge >= 0.3 is 0 Å². The number of aliphatic hydroxyl groups is 1. The fraction of sp³-hybridized carbons (Fsp3) is 0.500. The first-order valence-electron chi connectivity index (χ1n) is 10.6. The van der Waals surface area contributed by atoms with Gasteiger partial charge in [-0.2, -0.15) is 0 Å². The molecule has 2 aromatic rings. The zero-order valence-corrected chi connectivity index (χ0v) is 18.2. The summed E-state index contributed by atoms with van der Waals surface area (Å²) in [6.07, 6.45) is 1.95. The highest BCUT2D eigenvalue weighted by Gasteiger charge is 2.35. The summed E-state index contributed by atoms with van der Waals surface area (Å²) in [5.41, 5.74) is 7.76.